The van der Waals surface area contributed by atoms with Crippen LogP contribution in [0.15, 0.2) is 55.1 Å². The van der Waals surface area contributed by atoms with E-state index in [-0.39, 0.29) is 13.2 Å². The summed E-state index contributed by atoms with van der Waals surface area (Å²) in [7, 11) is 1.54. The molecule has 1 aliphatic rings. The number of ether oxygens (including phenoxy) is 2. The van der Waals surface area contributed by atoms with Crippen molar-refractivity contribution in [1.82, 2.24) is 10.2 Å². The summed E-state index contributed by atoms with van der Waals surface area (Å²) in [5.41, 5.74) is 1.74. The van der Waals surface area contributed by atoms with E-state index in [1.165, 1.54) is 5.56 Å². The molecular weight excluding hydrogens is 420 g/mol. The molecule has 1 fully saturated rings. The molecule has 2 atom stereocenters. The zero-order chi connectivity index (χ0) is 24.0. The van der Waals surface area contributed by atoms with Gasteiger partial charge < -0.3 is 19.9 Å². The van der Waals surface area contributed by atoms with Crippen LogP contribution in [-0.4, -0.2) is 48.3 Å². The number of benzene rings is 2. The number of carbonyl (C=O) groups excluding carboxylic acids is 2. The van der Waals surface area contributed by atoms with E-state index in [4.69, 9.17) is 9.47 Å². The van der Waals surface area contributed by atoms with E-state index in [2.05, 4.69) is 18.8 Å². The molecule has 2 aromatic rings. The molecule has 2 N–H and O–H groups in total. The number of imide groups is 1. The highest BCUT2D eigenvalue weighted by Gasteiger charge is 2.49. The van der Waals surface area contributed by atoms with Gasteiger partial charge in [0.15, 0.2) is 11.5 Å². The Bertz CT molecular complexity index is 1000. The molecule has 176 valence electrons. The summed E-state index contributed by atoms with van der Waals surface area (Å²) in [5.74, 6) is 0.607. The van der Waals surface area contributed by atoms with Crippen molar-refractivity contribution in [3.05, 3.63) is 71.8 Å². The van der Waals surface area contributed by atoms with Crippen LogP contribution in [-0.2, 0) is 23.2 Å². The van der Waals surface area contributed by atoms with Crippen LogP contribution in [0.2, 0.25) is 0 Å². The van der Waals surface area contributed by atoms with Gasteiger partial charge in [0.1, 0.15) is 18.2 Å². The van der Waals surface area contributed by atoms with E-state index < -0.39 is 23.6 Å². The third-order valence-corrected chi connectivity index (χ3v) is 5.78. The van der Waals surface area contributed by atoms with E-state index in [1.54, 1.807) is 26.2 Å². The molecule has 1 aliphatic heterocycles. The zero-order valence-corrected chi connectivity index (χ0v) is 19.5. The van der Waals surface area contributed by atoms with Gasteiger partial charge in [-0.3, -0.25) is 9.69 Å². The van der Waals surface area contributed by atoms with Crippen LogP contribution >= 0.6 is 0 Å². The summed E-state index contributed by atoms with van der Waals surface area (Å²) in [6, 6.07) is 12.6. The normalized spacial score (nSPS) is 18.7. The molecule has 0 bridgehead atoms. The molecule has 7 nitrogen and oxygen atoms in total. The third kappa shape index (κ3) is 5.37. The number of aryl methyl sites for hydroxylation is 1. The predicted molar refractivity (Wildman–Crippen MR) is 126 cm³/mol. The first kappa shape index (κ1) is 24.3. The van der Waals surface area contributed by atoms with Gasteiger partial charge >= 0.3 is 6.03 Å². The molecule has 0 saturated carbocycles. The lowest BCUT2D eigenvalue weighted by atomic mass is 9.91. The van der Waals surface area contributed by atoms with E-state index in [0.29, 0.717) is 23.5 Å². The van der Waals surface area contributed by atoms with E-state index in [9.17, 15) is 14.7 Å². The van der Waals surface area contributed by atoms with Gasteiger partial charge in [-0.1, -0.05) is 49.8 Å². The lowest BCUT2D eigenvalue weighted by Crippen LogP contribution is -2.42. The quantitative estimate of drug-likeness (QED) is 0.402. The first-order chi connectivity index (χ1) is 15.8. The fourth-order valence-electron chi connectivity index (χ4n) is 3.93. The second kappa shape index (κ2) is 10.5. The topological polar surface area (TPSA) is 88.1 Å². The number of rotatable bonds is 11. The number of nitrogens with one attached hydrogen (secondary N) is 1. The molecule has 0 aromatic heterocycles. The molecular formula is C26H32N2O5. The van der Waals surface area contributed by atoms with Gasteiger partial charge in [0.25, 0.3) is 5.91 Å². The molecule has 0 spiro atoms. The van der Waals surface area contributed by atoms with Crippen LogP contribution in [0.4, 0.5) is 4.79 Å². The average Bonchev–Trinajstić information content (AvgIpc) is 3.02. The molecule has 0 unspecified atom stereocenters. The summed E-state index contributed by atoms with van der Waals surface area (Å²) in [4.78, 5) is 26.7. The number of aliphatic hydroxyl groups is 1. The van der Waals surface area contributed by atoms with Crippen LogP contribution < -0.4 is 14.8 Å². The van der Waals surface area contributed by atoms with E-state index >= 15 is 0 Å². The number of hydrogen-bond acceptors (Lipinski definition) is 5. The van der Waals surface area contributed by atoms with Crippen molar-refractivity contribution in [2.24, 2.45) is 0 Å². The highest BCUT2D eigenvalue weighted by Crippen LogP contribution is 2.30. The van der Waals surface area contributed by atoms with Crippen molar-refractivity contribution in [1.29, 1.82) is 0 Å². The predicted octanol–water partition coefficient (Wildman–Crippen LogP) is 3.58. The van der Waals surface area contributed by atoms with Crippen LogP contribution in [0, 0.1) is 0 Å². The van der Waals surface area contributed by atoms with Crippen LogP contribution in [0.5, 0.6) is 11.5 Å². The largest absolute Gasteiger partial charge is 0.493 e. The van der Waals surface area contributed by atoms with Gasteiger partial charge in [-0.2, -0.15) is 0 Å². The molecule has 1 heterocycles. The standard InChI is InChI=1S/C26H32N2O5/c1-5-7-18-9-12-20(13-10-18)26(3)24(30)28(25(31)27-26)16-21(29)17-33-22-14-11-19(8-6-2)15-23(22)32-4/h6,9-15,21,29H,2,5,7-8,16-17H2,1,3-4H3,(H,27,31)/t21-,26-/m0/s1. The van der Waals surface area contributed by atoms with Gasteiger partial charge in [0.05, 0.1) is 13.7 Å². The summed E-state index contributed by atoms with van der Waals surface area (Å²) >= 11 is 0. The minimum atomic E-state index is -1.17. The lowest BCUT2D eigenvalue weighted by molar-refractivity contribution is -0.132. The molecule has 2 aromatic carbocycles. The second-order valence-corrected chi connectivity index (χ2v) is 8.36. The van der Waals surface area contributed by atoms with Crippen LogP contribution in [0.25, 0.3) is 0 Å². The lowest BCUT2D eigenvalue weighted by Gasteiger charge is -2.23. The highest BCUT2D eigenvalue weighted by molar-refractivity contribution is 6.07. The van der Waals surface area contributed by atoms with Gasteiger partial charge in [0.2, 0.25) is 0 Å². The second-order valence-electron chi connectivity index (χ2n) is 8.36. The molecule has 3 rings (SSSR count). The maximum Gasteiger partial charge on any atom is 0.325 e. The number of amides is 3. The number of carbonyl (C=O) groups is 2. The van der Waals surface area contributed by atoms with Gasteiger partial charge in [-0.15, -0.1) is 6.58 Å². The van der Waals surface area contributed by atoms with Crippen molar-refractivity contribution in [3.8, 4) is 11.5 Å². The molecule has 33 heavy (non-hydrogen) atoms. The fourth-order valence-corrected chi connectivity index (χ4v) is 3.93. The van der Waals surface area contributed by atoms with Crippen molar-refractivity contribution < 1.29 is 24.2 Å². The number of allylic oxidation sites excluding steroid dienone is 1. The van der Waals surface area contributed by atoms with Crippen molar-refractivity contribution in [2.75, 3.05) is 20.3 Å². The Kier molecular flexibility index (Phi) is 7.76. The molecule has 1 saturated heterocycles. The smallest absolute Gasteiger partial charge is 0.325 e. The van der Waals surface area contributed by atoms with E-state index in [0.717, 1.165) is 23.3 Å². The first-order valence-corrected chi connectivity index (χ1v) is 11.1. The molecule has 3 amide bonds. The van der Waals surface area contributed by atoms with Gasteiger partial charge in [-0.05, 0) is 48.6 Å². The number of nitrogens with zero attached hydrogens (tertiary/aromatic N) is 1. The summed E-state index contributed by atoms with van der Waals surface area (Å²) in [6.07, 6.45) is 3.42. The maximum absolute atomic E-state index is 13.1. The maximum atomic E-state index is 13.1. The van der Waals surface area contributed by atoms with Crippen LogP contribution in [0.1, 0.15) is 37.0 Å². The Morgan fingerprint density at radius 3 is 2.48 bits per heavy atom. The summed E-state index contributed by atoms with van der Waals surface area (Å²) < 4.78 is 11.1. The van der Waals surface area contributed by atoms with Crippen molar-refractivity contribution >= 4 is 11.9 Å². The Balaban J connectivity index is 1.64. The third-order valence-electron chi connectivity index (χ3n) is 5.78. The van der Waals surface area contributed by atoms with E-state index in [1.807, 2.05) is 36.4 Å². The minimum Gasteiger partial charge on any atom is -0.493 e. The van der Waals surface area contributed by atoms with Crippen molar-refractivity contribution in [2.45, 2.75) is 44.8 Å². The number of methoxy groups -OCH3 is 1. The number of β-amino-alcohol motifs (C(OH)–C–C–N with tert-alkyl or cyclic N) is 1. The minimum absolute atomic E-state index is 0.101. The zero-order valence-electron chi connectivity index (χ0n) is 19.5. The average molecular weight is 453 g/mol. The number of urea groups is 1. The Labute approximate surface area is 195 Å². The highest BCUT2D eigenvalue weighted by atomic mass is 16.5. The van der Waals surface area contributed by atoms with Crippen LogP contribution in [0.3, 0.4) is 0 Å². The first-order valence-electron chi connectivity index (χ1n) is 11.1. The van der Waals surface area contributed by atoms with Crippen molar-refractivity contribution in [3.63, 3.8) is 0 Å². The Hall–Kier alpha value is -3.32. The monoisotopic (exact) mass is 452 g/mol. The fraction of sp³-hybridized carbons (Fsp3) is 0.385. The summed E-state index contributed by atoms with van der Waals surface area (Å²) in [6.45, 7) is 7.24. The van der Waals surface area contributed by atoms with Gasteiger partial charge in [0, 0.05) is 0 Å². The number of aliphatic hydroxyl groups excluding tert-OH is 1. The Morgan fingerprint density at radius 1 is 1.15 bits per heavy atom. The molecule has 0 aliphatic carbocycles. The molecule has 0 radical (unpaired) electrons. The number of hydrogen-bond donors (Lipinski definition) is 2. The molecule has 7 heteroatoms. The Morgan fingerprint density at radius 2 is 1.85 bits per heavy atom. The SMILES string of the molecule is C=CCc1ccc(OC[C@@H](O)CN2C(=O)N[C@@](C)(c3ccc(CCC)cc3)C2=O)c(OC)c1. The van der Waals surface area contributed by atoms with Gasteiger partial charge in [-0.25, -0.2) is 4.79 Å². The summed E-state index contributed by atoms with van der Waals surface area (Å²) in [5, 5.41) is 13.3.